The van der Waals surface area contributed by atoms with Crippen LogP contribution in [-0.4, -0.2) is 167 Å². The number of phosphoric acid groups is 3. The number of H-pyrrole nitrogens is 2. The summed E-state index contributed by atoms with van der Waals surface area (Å²) in [5, 5.41) is 32.8. The molecule has 0 aliphatic carbocycles. The van der Waals surface area contributed by atoms with Gasteiger partial charge >= 0.3 is 49.0 Å². The lowest BCUT2D eigenvalue weighted by atomic mass is 9.95. The normalized spacial score (nSPS) is 30.2. The van der Waals surface area contributed by atoms with Crippen LogP contribution in [0.15, 0.2) is 45.6 Å². The standard InChI is InChI=1S/C34H46F2N12O24P4/c1-45-12-48(27-19(45)28(53)44-33(38)43-27)29-20(50)13(4-6-64-32(35)36)14(68-29)7-66-74(57,58)71-76(61,62)72-75(59,60)67-9-16-24(23(63-2)31(70-16)47-11-41-18-25(37)39-10-40-26(18)47)73(55,56)65-8-15-21(51)22(52)30(69-15)46-5-3-17(49)42-34(46)54/h3,5,10-16,20-24,29-32,50-52H,4,6-9H2,1-2H3,(H9-,37,38,39,40,42,43,44,49,53,54,55,56,57,58,59,60,61,62)/p+1/t13-,14-,15-,16?,20-,21-,22-,23-,24-,29-,30-,31-/m1/s1. The highest BCUT2D eigenvalue weighted by Crippen LogP contribution is 2.68. The predicted molar refractivity (Wildman–Crippen MR) is 241 cm³/mol. The zero-order valence-electron chi connectivity index (χ0n) is 38.8. The summed E-state index contributed by atoms with van der Waals surface area (Å²) in [4.78, 5) is 100. The van der Waals surface area contributed by atoms with Crippen molar-refractivity contribution in [3.05, 3.63) is 62.4 Å². The highest BCUT2D eigenvalue weighted by molar-refractivity contribution is 7.66. The van der Waals surface area contributed by atoms with E-state index in [0.717, 1.165) is 45.7 Å². The molecule has 3 aliphatic heterocycles. The number of aliphatic hydroxyl groups excluding tert-OH is 3. The Morgan fingerprint density at radius 1 is 0.829 bits per heavy atom. The van der Waals surface area contributed by atoms with Gasteiger partial charge in [-0.05, 0) is 6.42 Å². The lowest BCUT2D eigenvalue weighted by Gasteiger charge is -2.28. The zero-order valence-corrected chi connectivity index (χ0v) is 42.4. The number of nitrogens with zero attached hydrogens (tertiary/aromatic N) is 8. The number of nitrogen functional groups attached to an aromatic ring is 2. The first-order valence-electron chi connectivity index (χ1n) is 21.7. The molecule has 5 aromatic heterocycles. The minimum Gasteiger partial charge on any atom is -0.387 e. The Morgan fingerprint density at radius 3 is 2.14 bits per heavy atom. The number of fused-ring (bicyclic) bond motifs is 2. The number of phosphoric ester groups is 2. The highest BCUT2D eigenvalue weighted by Gasteiger charge is 2.58. The second kappa shape index (κ2) is 22.2. The van der Waals surface area contributed by atoms with Gasteiger partial charge in [-0.3, -0.25) is 46.9 Å². The maximum absolute atomic E-state index is 14.3. The Labute approximate surface area is 421 Å². The van der Waals surface area contributed by atoms with Gasteiger partial charge in [-0.15, -0.1) is 0 Å². The third-order valence-corrected chi connectivity index (χ3v) is 18.2. The van der Waals surface area contributed by atoms with E-state index >= 15 is 0 Å². The van der Waals surface area contributed by atoms with Crippen LogP contribution in [0.4, 0.5) is 20.5 Å². The number of aromatic nitrogens is 10. The lowest BCUT2D eigenvalue weighted by Crippen LogP contribution is -2.45. The van der Waals surface area contributed by atoms with E-state index in [-0.39, 0.29) is 34.1 Å². The number of imidazole rings is 2. The van der Waals surface area contributed by atoms with E-state index in [4.69, 9.17) is 44.0 Å². The number of hydrogen-bond donors (Lipinski definition) is 11. The SMILES string of the molecule is CO[C@H]1[C@H](n2cnc3c(N)ncnc32)OC(COP(=O)(O)OP(=O)(O)OP(=O)(O)OC[C@H]2O[C@@H]([n+]3cn(C)c4c(=O)[nH]c(N)nc43)[C@H](O)[C@@H]2CCOC(F)F)[C@H]1P(=O)(O)OC[C@H]1O[C@@H](n2ccc(=O)[nH]c2=O)[C@H](O)[C@@H]1O. The van der Waals surface area contributed by atoms with Crippen LogP contribution in [0.2, 0.25) is 0 Å². The minimum atomic E-state index is -6.28. The summed E-state index contributed by atoms with van der Waals surface area (Å²) in [5.74, 6) is -1.74. The molecule has 0 aromatic carbocycles. The molecule has 5 aromatic rings. The molecule has 8 heterocycles. The van der Waals surface area contributed by atoms with Gasteiger partial charge in [0.25, 0.3) is 17.1 Å². The van der Waals surface area contributed by atoms with Crippen LogP contribution < -0.4 is 32.8 Å². The van der Waals surface area contributed by atoms with E-state index in [1.165, 1.54) is 17.9 Å². The van der Waals surface area contributed by atoms with Crippen molar-refractivity contribution in [2.75, 3.05) is 45.0 Å². The molecule has 42 heteroatoms. The number of rotatable bonds is 22. The fourth-order valence-corrected chi connectivity index (χ4v) is 14.0. The number of methoxy groups -OCH3 is 1. The van der Waals surface area contributed by atoms with Crippen LogP contribution in [0.1, 0.15) is 25.1 Å². The van der Waals surface area contributed by atoms with Crippen molar-refractivity contribution in [2.24, 2.45) is 13.0 Å². The summed E-state index contributed by atoms with van der Waals surface area (Å²) in [6, 6.07) is 0.912. The van der Waals surface area contributed by atoms with E-state index in [9.17, 15) is 76.3 Å². The van der Waals surface area contributed by atoms with Crippen LogP contribution in [0.25, 0.3) is 22.3 Å². The van der Waals surface area contributed by atoms with Crippen molar-refractivity contribution in [1.82, 2.24) is 43.6 Å². The molecule has 0 saturated carbocycles. The van der Waals surface area contributed by atoms with Gasteiger partial charge in [-0.1, -0.05) is 4.98 Å². The summed E-state index contributed by atoms with van der Waals surface area (Å²) in [6.45, 7) is -7.45. The minimum absolute atomic E-state index is 0.0129. The van der Waals surface area contributed by atoms with E-state index in [2.05, 4.69) is 38.3 Å². The fraction of sp³-hybridized carbons (Fsp3) is 0.588. The summed E-state index contributed by atoms with van der Waals surface area (Å²) < 4.78 is 135. The molecule has 8 rings (SSSR count). The van der Waals surface area contributed by atoms with Gasteiger partial charge in [-0.2, -0.15) is 17.4 Å². The van der Waals surface area contributed by atoms with Gasteiger partial charge in [0.2, 0.25) is 11.7 Å². The molecule has 36 nitrogen and oxygen atoms in total. The molecule has 3 saturated heterocycles. The quantitative estimate of drug-likeness (QED) is 0.0244. The molecule has 0 bridgehead atoms. The topological polar surface area (TPSA) is 507 Å². The number of hydrogen-bond acceptors (Lipinski definition) is 26. The Balaban J connectivity index is 0.962. The summed E-state index contributed by atoms with van der Waals surface area (Å²) >= 11 is 0. The molecule has 0 radical (unpaired) electrons. The molecule has 420 valence electrons. The number of halogens is 2. The Morgan fingerprint density at radius 2 is 1.49 bits per heavy atom. The fourth-order valence-electron chi connectivity index (χ4n) is 8.73. The Kier molecular flexibility index (Phi) is 16.8. The van der Waals surface area contributed by atoms with Gasteiger partial charge in [-0.25, -0.2) is 38.0 Å². The van der Waals surface area contributed by atoms with E-state index in [0.29, 0.717) is 0 Å². The van der Waals surface area contributed by atoms with Crippen molar-refractivity contribution in [3.8, 4) is 0 Å². The van der Waals surface area contributed by atoms with E-state index < -0.39 is 160 Å². The first-order valence-corrected chi connectivity index (χ1v) is 27.8. The maximum atomic E-state index is 14.3. The molecular formula is C34H47F2N12O24P4+. The number of nitrogens with one attached hydrogen (secondary N) is 2. The number of nitrogens with two attached hydrogens (primary N) is 2. The molecule has 0 spiro atoms. The van der Waals surface area contributed by atoms with Crippen molar-refractivity contribution < 1.29 is 112 Å². The molecule has 13 N–H and O–H groups in total. The van der Waals surface area contributed by atoms with Crippen LogP contribution in [0, 0.1) is 5.92 Å². The van der Waals surface area contributed by atoms with Gasteiger partial charge in [0, 0.05) is 25.3 Å². The summed E-state index contributed by atoms with van der Waals surface area (Å²) in [7, 11) is -21.1. The zero-order chi connectivity index (χ0) is 55.4. The average Bonchev–Trinajstić information content (AvgIpc) is 4.14. The highest BCUT2D eigenvalue weighted by atomic mass is 31.3. The number of alkyl halides is 2. The van der Waals surface area contributed by atoms with Gasteiger partial charge in [0.1, 0.15) is 54.1 Å². The van der Waals surface area contributed by atoms with E-state index in [1.807, 2.05) is 4.98 Å². The molecule has 3 fully saturated rings. The number of aromatic amines is 2. The molecule has 5 unspecified atom stereocenters. The van der Waals surface area contributed by atoms with Gasteiger partial charge in [0.05, 0.1) is 45.9 Å². The third kappa shape index (κ3) is 12.1. The van der Waals surface area contributed by atoms with Crippen molar-refractivity contribution >= 4 is 65.2 Å². The molecule has 0 amide bonds. The second-order valence-electron chi connectivity index (χ2n) is 16.8. The van der Waals surface area contributed by atoms with Crippen molar-refractivity contribution in [1.29, 1.82) is 0 Å². The van der Waals surface area contributed by atoms with Crippen molar-refractivity contribution in [3.63, 3.8) is 0 Å². The predicted octanol–water partition coefficient (Wildman–Crippen LogP) is -2.92. The molecule has 76 heavy (non-hydrogen) atoms. The average molecular weight is 1170 g/mol. The van der Waals surface area contributed by atoms with Crippen LogP contribution in [-0.2, 0) is 71.2 Å². The molecule has 16 atom stereocenters. The van der Waals surface area contributed by atoms with Crippen LogP contribution in [0.5, 0.6) is 0 Å². The van der Waals surface area contributed by atoms with Gasteiger partial charge in [0.15, 0.2) is 30.2 Å². The smallest absolute Gasteiger partial charge is 0.387 e. The van der Waals surface area contributed by atoms with Crippen LogP contribution >= 0.6 is 31.1 Å². The Hall–Kier alpha value is -4.72. The van der Waals surface area contributed by atoms with Crippen LogP contribution in [0.3, 0.4) is 0 Å². The largest absolute Gasteiger partial charge is 0.490 e. The second-order valence-corrected chi connectivity index (χ2v) is 23.4. The summed E-state index contributed by atoms with van der Waals surface area (Å²) in [6.07, 6.45) is -13.0. The van der Waals surface area contributed by atoms with Crippen molar-refractivity contribution in [2.45, 2.75) is 80.1 Å². The third-order valence-electron chi connectivity index (χ3n) is 12.0. The molecular weight excluding hydrogens is 1120 g/mol. The maximum Gasteiger partial charge on any atom is 0.490 e. The number of ether oxygens (including phenoxy) is 5. The number of anilines is 2. The first kappa shape index (κ1) is 57.5. The van der Waals surface area contributed by atoms with E-state index in [1.54, 1.807) is 0 Å². The lowest BCUT2D eigenvalue weighted by molar-refractivity contribution is -0.745. The molecule has 3 aliphatic rings. The first-order chi connectivity index (χ1) is 35.6. The number of aryl methyl sites for hydroxylation is 1. The summed E-state index contributed by atoms with van der Waals surface area (Å²) in [5.41, 5.74) is 6.87. The Bertz CT molecular complexity index is 3330. The number of aliphatic hydroxyl groups is 3. The monoisotopic (exact) mass is 1170 g/mol. The van der Waals surface area contributed by atoms with Gasteiger partial charge < -0.3 is 74.6 Å².